The highest BCUT2D eigenvalue weighted by Crippen LogP contribution is 2.30. The fourth-order valence-corrected chi connectivity index (χ4v) is 6.95. The van der Waals surface area contributed by atoms with Crippen LogP contribution < -0.4 is 5.32 Å². The molecule has 0 saturated heterocycles. The van der Waals surface area contributed by atoms with E-state index in [1.54, 1.807) is 38.1 Å². The average Bonchev–Trinajstić information content (AvgIpc) is 2.79. The molecule has 4 rings (SSSR count). The molecule has 0 fully saturated rings. The van der Waals surface area contributed by atoms with Crippen LogP contribution in [0.2, 0.25) is 5.02 Å². The van der Waals surface area contributed by atoms with E-state index < -0.39 is 10.0 Å². The number of nitrogens with zero attached hydrogens (tertiary/aromatic N) is 1. The van der Waals surface area contributed by atoms with E-state index in [0.29, 0.717) is 16.1 Å². The molecular weight excluding hydrogens is 480 g/mol. The van der Waals surface area contributed by atoms with Crippen molar-refractivity contribution in [2.45, 2.75) is 57.5 Å². The minimum Gasteiger partial charge on any atom is -0.348 e. The number of halogens is 1. The van der Waals surface area contributed by atoms with Gasteiger partial charge in [-0.2, -0.15) is 4.31 Å². The van der Waals surface area contributed by atoms with Gasteiger partial charge < -0.3 is 5.32 Å². The van der Waals surface area contributed by atoms with E-state index in [2.05, 4.69) is 11.4 Å². The van der Waals surface area contributed by atoms with E-state index in [9.17, 15) is 13.2 Å². The number of fused-ring (bicyclic) bond motifs is 1. The van der Waals surface area contributed by atoms with Gasteiger partial charge in [0, 0.05) is 11.6 Å². The second-order valence-electron chi connectivity index (χ2n) is 9.34. The second kappa shape index (κ2) is 10.5. The van der Waals surface area contributed by atoms with E-state index in [1.807, 2.05) is 37.3 Å². The van der Waals surface area contributed by atoms with E-state index in [4.69, 9.17) is 11.6 Å². The number of rotatable bonds is 7. The molecule has 1 N–H and O–H groups in total. The average molecular weight is 511 g/mol. The van der Waals surface area contributed by atoms with E-state index >= 15 is 0 Å². The number of hydrogen-bond acceptors (Lipinski definition) is 3. The molecule has 0 spiro atoms. The summed E-state index contributed by atoms with van der Waals surface area (Å²) < 4.78 is 29.1. The zero-order valence-corrected chi connectivity index (χ0v) is 21.9. The van der Waals surface area contributed by atoms with Crippen molar-refractivity contribution in [1.82, 2.24) is 9.62 Å². The lowest BCUT2D eigenvalue weighted by atomic mass is 9.88. The lowest BCUT2D eigenvalue weighted by Crippen LogP contribution is -2.42. The van der Waals surface area contributed by atoms with Crippen molar-refractivity contribution in [3.63, 3.8) is 0 Å². The Bertz CT molecular complexity index is 1310. The fourth-order valence-electron chi connectivity index (χ4n) is 5.03. The largest absolute Gasteiger partial charge is 0.348 e. The Morgan fingerprint density at radius 2 is 1.69 bits per heavy atom. The molecule has 0 heterocycles. The van der Waals surface area contributed by atoms with Crippen LogP contribution in [0.5, 0.6) is 0 Å². The van der Waals surface area contributed by atoms with Crippen molar-refractivity contribution in [2.24, 2.45) is 0 Å². The number of carbonyl (C=O) groups is 1. The lowest BCUT2D eigenvalue weighted by molar-refractivity contribution is -0.122. The molecule has 1 atom stereocenters. The van der Waals surface area contributed by atoms with Crippen LogP contribution in [0.25, 0.3) is 0 Å². The van der Waals surface area contributed by atoms with Crippen molar-refractivity contribution in [3.05, 3.63) is 99.1 Å². The van der Waals surface area contributed by atoms with Gasteiger partial charge in [-0.1, -0.05) is 65.7 Å². The summed E-state index contributed by atoms with van der Waals surface area (Å²) >= 11 is 6.03. The molecule has 3 aromatic rings. The quantitative estimate of drug-likeness (QED) is 0.446. The molecule has 1 aliphatic rings. The molecule has 184 valence electrons. The minimum absolute atomic E-state index is 0.0704. The molecule has 3 aromatic carbocycles. The highest BCUT2D eigenvalue weighted by Gasteiger charge is 2.31. The minimum atomic E-state index is -3.94. The fraction of sp³-hybridized carbons (Fsp3) is 0.321. The first-order chi connectivity index (χ1) is 16.6. The van der Waals surface area contributed by atoms with Crippen molar-refractivity contribution >= 4 is 27.5 Å². The van der Waals surface area contributed by atoms with Crippen molar-refractivity contribution < 1.29 is 13.2 Å². The van der Waals surface area contributed by atoms with Gasteiger partial charge in [-0.15, -0.1) is 0 Å². The van der Waals surface area contributed by atoms with Crippen LogP contribution in [-0.4, -0.2) is 25.2 Å². The summed E-state index contributed by atoms with van der Waals surface area (Å²) in [5, 5.41) is 3.67. The van der Waals surface area contributed by atoms with Crippen LogP contribution in [0.4, 0.5) is 0 Å². The van der Waals surface area contributed by atoms with Crippen LogP contribution in [0.1, 0.15) is 52.3 Å². The molecule has 0 aliphatic heterocycles. The number of aryl methyl sites for hydroxylation is 4. The third-order valence-corrected chi connectivity index (χ3v) is 8.85. The number of carbonyl (C=O) groups excluding carboxylic acids is 1. The molecule has 7 heteroatoms. The second-order valence-corrected chi connectivity index (χ2v) is 11.6. The molecule has 35 heavy (non-hydrogen) atoms. The first-order valence-corrected chi connectivity index (χ1v) is 13.7. The van der Waals surface area contributed by atoms with Gasteiger partial charge in [0.2, 0.25) is 15.9 Å². The van der Waals surface area contributed by atoms with Crippen molar-refractivity contribution in [2.75, 3.05) is 6.54 Å². The Morgan fingerprint density at radius 3 is 2.37 bits per heavy atom. The van der Waals surface area contributed by atoms with Gasteiger partial charge in [0.1, 0.15) is 0 Å². The first-order valence-electron chi connectivity index (χ1n) is 11.8. The molecule has 1 aliphatic carbocycles. The third-order valence-electron chi connectivity index (χ3n) is 6.50. The van der Waals surface area contributed by atoms with Gasteiger partial charge in [0.05, 0.1) is 17.5 Å². The SMILES string of the molecule is Cc1cc(C)c(S(=O)(=O)N(CC(=O)N[C@@H]2CCCc3ccccc32)Cc2ccc(Cl)cc2)c(C)c1. The summed E-state index contributed by atoms with van der Waals surface area (Å²) in [4.78, 5) is 13.5. The van der Waals surface area contributed by atoms with E-state index in [0.717, 1.165) is 36.0 Å². The van der Waals surface area contributed by atoms with E-state index in [-0.39, 0.29) is 29.9 Å². The normalized spacial score (nSPS) is 15.6. The topological polar surface area (TPSA) is 66.5 Å². The molecule has 0 saturated carbocycles. The Morgan fingerprint density at radius 1 is 1.03 bits per heavy atom. The third kappa shape index (κ3) is 5.77. The van der Waals surface area contributed by atoms with Gasteiger partial charge in [0.25, 0.3) is 0 Å². The van der Waals surface area contributed by atoms with Crippen LogP contribution in [0, 0.1) is 20.8 Å². The highest BCUT2D eigenvalue weighted by molar-refractivity contribution is 7.89. The number of hydrogen-bond donors (Lipinski definition) is 1. The molecule has 1 amide bonds. The standard InChI is InChI=1S/C28H31ClN2O3S/c1-19-15-20(2)28(21(3)16-19)35(33,34)31(17-22-11-13-24(29)14-12-22)18-27(32)30-26-10-6-8-23-7-4-5-9-25(23)26/h4-5,7,9,11-16,26H,6,8,10,17-18H2,1-3H3,(H,30,32)/t26-/m1/s1. The number of nitrogens with one attached hydrogen (secondary N) is 1. The Balaban J connectivity index is 1.64. The van der Waals surface area contributed by atoms with E-state index in [1.165, 1.54) is 9.87 Å². The Kier molecular flexibility index (Phi) is 7.64. The summed E-state index contributed by atoms with van der Waals surface area (Å²) in [5.41, 5.74) is 5.45. The number of benzene rings is 3. The van der Waals surface area contributed by atoms with Gasteiger partial charge in [0.15, 0.2) is 0 Å². The zero-order chi connectivity index (χ0) is 25.2. The number of sulfonamides is 1. The zero-order valence-electron chi connectivity index (χ0n) is 20.3. The van der Waals surface area contributed by atoms with Crippen LogP contribution in [-0.2, 0) is 27.8 Å². The smallest absolute Gasteiger partial charge is 0.244 e. The maximum absolute atomic E-state index is 13.9. The van der Waals surface area contributed by atoms with Crippen LogP contribution in [0.15, 0.2) is 65.6 Å². The predicted molar refractivity (Wildman–Crippen MR) is 140 cm³/mol. The molecule has 0 aromatic heterocycles. The molecule has 5 nitrogen and oxygen atoms in total. The summed E-state index contributed by atoms with van der Waals surface area (Å²) in [7, 11) is -3.94. The van der Waals surface area contributed by atoms with Crippen molar-refractivity contribution in [1.29, 1.82) is 0 Å². The summed E-state index contributed by atoms with van der Waals surface area (Å²) in [5.74, 6) is -0.313. The Hall–Kier alpha value is -2.67. The van der Waals surface area contributed by atoms with Gasteiger partial charge in [-0.25, -0.2) is 8.42 Å². The molecule has 0 radical (unpaired) electrons. The first kappa shape index (κ1) is 25.4. The predicted octanol–water partition coefficient (Wildman–Crippen LogP) is 5.65. The van der Waals surface area contributed by atoms with Gasteiger partial charge in [-0.3, -0.25) is 4.79 Å². The van der Waals surface area contributed by atoms with Gasteiger partial charge >= 0.3 is 0 Å². The lowest BCUT2D eigenvalue weighted by Gasteiger charge is -2.28. The molecule has 0 bridgehead atoms. The number of amides is 1. The van der Waals surface area contributed by atoms with Gasteiger partial charge in [-0.05, 0) is 80.0 Å². The highest BCUT2D eigenvalue weighted by atomic mass is 35.5. The maximum atomic E-state index is 13.9. The summed E-state index contributed by atoms with van der Waals surface area (Å²) in [6.07, 6.45) is 2.81. The van der Waals surface area contributed by atoms with Crippen molar-refractivity contribution in [3.8, 4) is 0 Å². The van der Waals surface area contributed by atoms with Crippen LogP contribution in [0.3, 0.4) is 0 Å². The summed E-state index contributed by atoms with van der Waals surface area (Å²) in [6.45, 7) is 5.34. The van der Waals surface area contributed by atoms with Crippen LogP contribution >= 0.6 is 11.6 Å². The maximum Gasteiger partial charge on any atom is 0.244 e. The molecular formula is C28H31ClN2O3S. The monoisotopic (exact) mass is 510 g/mol. The molecule has 0 unspecified atom stereocenters. The summed E-state index contributed by atoms with van der Waals surface area (Å²) in [6, 6.07) is 18.7. The Labute approximate surface area is 213 Å².